The maximum Gasteiger partial charge on any atom is 0.240 e. The van der Waals surface area contributed by atoms with Gasteiger partial charge in [0.1, 0.15) is 17.0 Å². The van der Waals surface area contributed by atoms with Crippen LogP contribution in [0.25, 0.3) is 0 Å². The first-order valence-corrected chi connectivity index (χ1v) is 9.03. The Morgan fingerprint density at radius 2 is 1.59 bits per heavy atom. The number of anilines is 2. The lowest BCUT2D eigenvalue weighted by molar-refractivity contribution is -0.131. The Morgan fingerprint density at radius 1 is 1.04 bits per heavy atom. The molecule has 1 aliphatic rings. The number of amides is 2. The summed E-state index contributed by atoms with van der Waals surface area (Å²) in [5.41, 5.74) is -0.186. The molecule has 0 aliphatic heterocycles. The normalized spacial score (nSPS) is 14.6. The highest BCUT2D eigenvalue weighted by Crippen LogP contribution is 2.47. The Bertz CT molecular complexity index is 864. The molecule has 1 fully saturated rings. The van der Waals surface area contributed by atoms with Gasteiger partial charge in [0.2, 0.25) is 11.8 Å². The summed E-state index contributed by atoms with van der Waals surface area (Å²) < 4.78 is 18.8. The fraction of sp³-hybridized carbons (Fsp3) is 0.300. The monoisotopic (exact) mass is 390 g/mol. The van der Waals surface area contributed by atoms with Crippen LogP contribution in [0.4, 0.5) is 15.8 Å². The maximum atomic E-state index is 13.2. The molecule has 1 saturated carbocycles. The first-order chi connectivity index (χ1) is 12.8. The first-order valence-electron chi connectivity index (χ1n) is 8.65. The highest BCUT2D eigenvalue weighted by atomic mass is 35.5. The van der Waals surface area contributed by atoms with Crippen molar-refractivity contribution in [1.82, 2.24) is 0 Å². The van der Waals surface area contributed by atoms with Crippen LogP contribution in [0.3, 0.4) is 0 Å². The van der Waals surface area contributed by atoms with E-state index < -0.39 is 17.1 Å². The van der Waals surface area contributed by atoms with E-state index in [2.05, 4.69) is 10.6 Å². The SMILES string of the molecule is CC(C)Oc1ccc(NC(=O)C2(C(=O)Nc3ccc(F)c(Cl)c3)CC2)cc1. The Balaban J connectivity index is 1.65. The zero-order valence-electron chi connectivity index (χ0n) is 15.0. The van der Waals surface area contributed by atoms with Gasteiger partial charge >= 0.3 is 0 Å². The lowest BCUT2D eigenvalue weighted by Gasteiger charge is -2.16. The molecule has 2 N–H and O–H groups in total. The maximum absolute atomic E-state index is 13.2. The van der Waals surface area contributed by atoms with Gasteiger partial charge in [-0.3, -0.25) is 9.59 Å². The molecule has 7 heteroatoms. The highest BCUT2D eigenvalue weighted by Gasteiger charge is 2.56. The van der Waals surface area contributed by atoms with E-state index in [1.807, 2.05) is 13.8 Å². The van der Waals surface area contributed by atoms with Crippen LogP contribution in [0.1, 0.15) is 26.7 Å². The van der Waals surface area contributed by atoms with Crippen molar-refractivity contribution < 1.29 is 18.7 Å². The van der Waals surface area contributed by atoms with Crippen molar-refractivity contribution in [3.8, 4) is 5.75 Å². The molecule has 0 bridgehead atoms. The molecule has 0 saturated heterocycles. The Kier molecular flexibility index (Phi) is 5.37. The van der Waals surface area contributed by atoms with Gasteiger partial charge in [0, 0.05) is 11.4 Å². The van der Waals surface area contributed by atoms with Gasteiger partial charge in [-0.1, -0.05) is 11.6 Å². The fourth-order valence-corrected chi connectivity index (χ4v) is 2.83. The summed E-state index contributed by atoms with van der Waals surface area (Å²) in [6, 6.07) is 10.9. The van der Waals surface area contributed by atoms with E-state index >= 15 is 0 Å². The minimum Gasteiger partial charge on any atom is -0.491 e. The lowest BCUT2D eigenvalue weighted by atomic mass is 10.0. The van der Waals surface area contributed by atoms with E-state index in [-0.39, 0.29) is 17.0 Å². The number of hydrogen-bond donors (Lipinski definition) is 2. The zero-order valence-corrected chi connectivity index (χ0v) is 15.8. The van der Waals surface area contributed by atoms with Crippen LogP contribution in [-0.2, 0) is 9.59 Å². The van der Waals surface area contributed by atoms with Crippen molar-refractivity contribution in [2.24, 2.45) is 5.41 Å². The molecule has 2 aromatic rings. The topological polar surface area (TPSA) is 67.4 Å². The van der Waals surface area contributed by atoms with Gasteiger partial charge in [-0.25, -0.2) is 4.39 Å². The van der Waals surface area contributed by atoms with E-state index in [0.29, 0.717) is 30.0 Å². The minimum atomic E-state index is -1.12. The molecule has 0 aromatic heterocycles. The van der Waals surface area contributed by atoms with Crippen molar-refractivity contribution in [2.45, 2.75) is 32.8 Å². The van der Waals surface area contributed by atoms with E-state index in [4.69, 9.17) is 16.3 Å². The van der Waals surface area contributed by atoms with Gasteiger partial charge in [-0.05, 0) is 69.2 Å². The van der Waals surface area contributed by atoms with E-state index in [9.17, 15) is 14.0 Å². The van der Waals surface area contributed by atoms with Crippen molar-refractivity contribution in [3.05, 3.63) is 53.3 Å². The molecular formula is C20H20ClFN2O3. The second-order valence-corrected chi connectivity index (χ2v) is 7.22. The number of carbonyl (C=O) groups is 2. The number of rotatable bonds is 6. The molecule has 142 valence electrons. The Morgan fingerprint density at radius 3 is 2.11 bits per heavy atom. The van der Waals surface area contributed by atoms with Crippen molar-refractivity contribution in [2.75, 3.05) is 10.6 Å². The predicted molar refractivity (Wildman–Crippen MR) is 103 cm³/mol. The van der Waals surface area contributed by atoms with Gasteiger partial charge in [-0.2, -0.15) is 0 Å². The smallest absolute Gasteiger partial charge is 0.240 e. The molecule has 5 nitrogen and oxygen atoms in total. The second kappa shape index (κ2) is 7.56. The quantitative estimate of drug-likeness (QED) is 0.707. The van der Waals surface area contributed by atoms with Gasteiger partial charge in [0.05, 0.1) is 11.1 Å². The number of ether oxygens (including phenoxy) is 1. The number of carbonyl (C=O) groups excluding carboxylic acids is 2. The number of hydrogen-bond acceptors (Lipinski definition) is 3. The van der Waals surface area contributed by atoms with Crippen LogP contribution < -0.4 is 15.4 Å². The molecule has 3 rings (SSSR count). The molecule has 0 heterocycles. The van der Waals surface area contributed by atoms with Crippen LogP contribution in [0, 0.1) is 11.2 Å². The molecule has 27 heavy (non-hydrogen) atoms. The first kappa shape index (κ1) is 19.2. The van der Waals surface area contributed by atoms with Crippen molar-refractivity contribution in [3.63, 3.8) is 0 Å². The third-order valence-corrected chi connectivity index (χ3v) is 4.57. The molecule has 1 aliphatic carbocycles. The van der Waals surface area contributed by atoms with E-state index in [1.165, 1.54) is 18.2 Å². The van der Waals surface area contributed by atoms with Crippen LogP contribution in [0.2, 0.25) is 5.02 Å². The van der Waals surface area contributed by atoms with Gasteiger partial charge in [0.15, 0.2) is 0 Å². The van der Waals surface area contributed by atoms with Crippen LogP contribution in [0.15, 0.2) is 42.5 Å². The average Bonchev–Trinajstić information content (AvgIpc) is 3.41. The number of halogens is 2. The van der Waals surface area contributed by atoms with E-state index in [1.54, 1.807) is 24.3 Å². The number of nitrogens with one attached hydrogen (secondary N) is 2. The predicted octanol–water partition coefficient (Wildman–Crippen LogP) is 4.62. The van der Waals surface area contributed by atoms with Gasteiger partial charge < -0.3 is 15.4 Å². The fourth-order valence-electron chi connectivity index (χ4n) is 2.65. The molecule has 0 atom stereocenters. The summed E-state index contributed by atoms with van der Waals surface area (Å²) in [5.74, 6) is -0.665. The molecule has 0 spiro atoms. The van der Waals surface area contributed by atoms with Crippen LogP contribution in [-0.4, -0.2) is 17.9 Å². The molecule has 2 amide bonds. The second-order valence-electron chi connectivity index (χ2n) is 6.81. The molecule has 0 unspecified atom stereocenters. The third kappa shape index (κ3) is 4.39. The Labute approximate surface area is 161 Å². The van der Waals surface area contributed by atoms with Crippen LogP contribution >= 0.6 is 11.6 Å². The summed E-state index contributed by atoms with van der Waals surface area (Å²) in [6.45, 7) is 3.86. The summed E-state index contributed by atoms with van der Waals surface area (Å²) in [7, 11) is 0. The molecule has 0 radical (unpaired) electrons. The summed E-state index contributed by atoms with van der Waals surface area (Å²) in [6.07, 6.45) is 0.964. The van der Waals surface area contributed by atoms with Crippen molar-refractivity contribution in [1.29, 1.82) is 0 Å². The molecular weight excluding hydrogens is 371 g/mol. The van der Waals surface area contributed by atoms with E-state index in [0.717, 1.165) is 0 Å². The summed E-state index contributed by atoms with van der Waals surface area (Å²) in [4.78, 5) is 25.2. The minimum absolute atomic E-state index is 0.0591. The van der Waals surface area contributed by atoms with Crippen LogP contribution in [0.5, 0.6) is 5.75 Å². The highest BCUT2D eigenvalue weighted by molar-refractivity contribution is 6.31. The zero-order chi connectivity index (χ0) is 19.6. The van der Waals surface area contributed by atoms with Crippen molar-refractivity contribution >= 4 is 34.8 Å². The standard InChI is InChI=1S/C20H20ClFN2O3/c1-12(2)27-15-6-3-13(4-7-15)23-18(25)20(9-10-20)19(26)24-14-5-8-17(22)16(21)11-14/h3-8,11-12H,9-10H2,1-2H3,(H,23,25)(H,24,26). The largest absolute Gasteiger partial charge is 0.491 e. The Hall–Kier alpha value is -2.60. The van der Waals surface area contributed by atoms with Gasteiger partial charge in [-0.15, -0.1) is 0 Å². The van der Waals surface area contributed by atoms with Gasteiger partial charge in [0.25, 0.3) is 0 Å². The lowest BCUT2D eigenvalue weighted by Crippen LogP contribution is -2.35. The number of benzene rings is 2. The molecule has 2 aromatic carbocycles. The average molecular weight is 391 g/mol. The summed E-state index contributed by atoms with van der Waals surface area (Å²) in [5, 5.41) is 5.32. The summed E-state index contributed by atoms with van der Waals surface area (Å²) >= 11 is 5.73. The third-order valence-electron chi connectivity index (χ3n) is 4.28.